The van der Waals surface area contributed by atoms with Crippen molar-refractivity contribution in [1.29, 1.82) is 0 Å². The Morgan fingerprint density at radius 3 is 2.06 bits per heavy atom. The van der Waals surface area contributed by atoms with Crippen LogP contribution >= 0.6 is 0 Å². The summed E-state index contributed by atoms with van der Waals surface area (Å²) in [6.45, 7) is 1.85. The van der Waals surface area contributed by atoms with E-state index >= 15 is 0 Å². The van der Waals surface area contributed by atoms with Crippen molar-refractivity contribution in [2.75, 3.05) is 13.1 Å². The Bertz CT molecular complexity index is 326. The molecular weight excluding hydrogens is 198 g/mol. The Kier molecular flexibility index (Phi) is 3.97. The van der Waals surface area contributed by atoms with Gasteiger partial charge in [0.25, 0.3) is 5.91 Å². The SMILES string of the molecule is O=C(c1ccccc1)N1CCCCCCC1. The summed E-state index contributed by atoms with van der Waals surface area (Å²) in [7, 11) is 0. The summed E-state index contributed by atoms with van der Waals surface area (Å²) in [6, 6.07) is 9.61. The average molecular weight is 217 g/mol. The van der Waals surface area contributed by atoms with E-state index < -0.39 is 0 Å². The first kappa shape index (κ1) is 11.2. The van der Waals surface area contributed by atoms with Crippen LogP contribution in [0.5, 0.6) is 0 Å². The van der Waals surface area contributed by atoms with Gasteiger partial charge in [0, 0.05) is 18.7 Å². The molecule has 0 aliphatic carbocycles. The Balaban J connectivity index is 2.02. The number of nitrogens with zero attached hydrogens (tertiary/aromatic N) is 1. The highest BCUT2D eigenvalue weighted by atomic mass is 16.2. The van der Waals surface area contributed by atoms with Crippen LogP contribution in [0.4, 0.5) is 0 Å². The van der Waals surface area contributed by atoms with Crippen molar-refractivity contribution < 1.29 is 4.79 Å². The third-order valence-electron chi connectivity index (χ3n) is 3.16. The van der Waals surface area contributed by atoms with Crippen molar-refractivity contribution in [3.05, 3.63) is 35.9 Å². The highest BCUT2D eigenvalue weighted by Gasteiger charge is 2.15. The van der Waals surface area contributed by atoms with Gasteiger partial charge in [-0.3, -0.25) is 4.79 Å². The van der Waals surface area contributed by atoms with Gasteiger partial charge in [-0.05, 0) is 25.0 Å². The van der Waals surface area contributed by atoms with Gasteiger partial charge in [-0.2, -0.15) is 0 Å². The first-order valence-electron chi connectivity index (χ1n) is 6.22. The molecule has 2 heteroatoms. The van der Waals surface area contributed by atoms with Crippen LogP contribution in [0.25, 0.3) is 0 Å². The van der Waals surface area contributed by atoms with Crippen LogP contribution in [0.1, 0.15) is 42.5 Å². The maximum atomic E-state index is 12.2. The number of carbonyl (C=O) groups is 1. The molecule has 0 spiro atoms. The van der Waals surface area contributed by atoms with E-state index in [4.69, 9.17) is 0 Å². The van der Waals surface area contributed by atoms with Gasteiger partial charge in [0.2, 0.25) is 0 Å². The summed E-state index contributed by atoms with van der Waals surface area (Å²) in [4.78, 5) is 14.2. The van der Waals surface area contributed by atoms with E-state index in [1.165, 1.54) is 19.3 Å². The largest absolute Gasteiger partial charge is 0.339 e. The average Bonchev–Trinajstić information content (AvgIpc) is 2.29. The van der Waals surface area contributed by atoms with Gasteiger partial charge < -0.3 is 4.90 Å². The lowest BCUT2D eigenvalue weighted by atomic mass is 10.1. The van der Waals surface area contributed by atoms with E-state index in [9.17, 15) is 4.79 Å². The molecule has 0 radical (unpaired) electrons. The number of rotatable bonds is 1. The van der Waals surface area contributed by atoms with Crippen molar-refractivity contribution in [2.24, 2.45) is 0 Å². The van der Waals surface area contributed by atoms with Crippen molar-refractivity contribution >= 4 is 5.91 Å². The number of hydrogen-bond donors (Lipinski definition) is 0. The summed E-state index contributed by atoms with van der Waals surface area (Å²) in [5.41, 5.74) is 0.822. The monoisotopic (exact) mass is 217 g/mol. The lowest BCUT2D eigenvalue weighted by molar-refractivity contribution is 0.0742. The highest BCUT2D eigenvalue weighted by Crippen LogP contribution is 2.13. The van der Waals surface area contributed by atoms with Crippen LogP contribution in [0.15, 0.2) is 30.3 Å². The summed E-state index contributed by atoms with van der Waals surface area (Å²) < 4.78 is 0. The molecule has 0 bridgehead atoms. The highest BCUT2D eigenvalue weighted by molar-refractivity contribution is 5.94. The minimum absolute atomic E-state index is 0.197. The Morgan fingerprint density at radius 2 is 1.44 bits per heavy atom. The van der Waals surface area contributed by atoms with E-state index in [1.807, 2.05) is 35.2 Å². The summed E-state index contributed by atoms with van der Waals surface area (Å²) in [6.07, 6.45) is 6.15. The molecule has 2 rings (SSSR count). The van der Waals surface area contributed by atoms with Gasteiger partial charge >= 0.3 is 0 Å². The van der Waals surface area contributed by atoms with Crippen molar-refractivity contribution in [1.82, 2.24) is 4.90 Å². The van der Waals surface area contributed by atoms with Crippen molar-refractivity contribution in [3.8, 4) is 0 Å². The molecule has 16 heavy (non-hydrogen) atoms. The summed E-state index contributed by atoms with van der Waals surface area (Å²) >= 11 is 0. The lowest BCUT2D eigenvalue weighted by Gasteiger charge is -2.24. The normalized spacial score (nSPS) is 17.6. The zero-order valence-corrected chi connectivity index (χ0v) is 9.69. The molecular formula is C14H19NO. The molecule has 0 aromatic heterocycles. The summed E-state index contributed by atoms with van der Waals surface area (Å²) in [5, 5.41) is 0. The fraction of sp³-hybridized carbons (Fsp3) is 0.500. The molecule has 86 valence electrons. The van der Waals surface area contributed by atoms with E-state index in [0.717, 1.165) is 31.5 Å². The van der Waals surface area contributed by atoms with Gasteiger partial charge in [-0.1, -0.05) is 37.5 Å². The molecule has 0 atom stereocenters. The standard InChI is InChI=1S/C14H19NO/c16-14(13-9-5-4-6-10-13)15-11-7-2-1-3-8-12-15/h4-6,9-10H,1-3,7-8,11-12H2. The van der Waals surface area contributed by atoms with Crippen LogP contribution in [0.2, 0.25) is 0 Å². The molecule has 1 fully saturated rings. The number of benzene rings is 1. The predicted molar refractivity (Wildman–Crippen MR) is 65.4 cm³/mol. The number of likely N-dealkylation sites (tertiary alicyclic amines) is 1. The minimum Gasteiger partial charge on any atom is -0.339 e. The predicted octanol–water partition coefficient (Wildman–Crippen LogP) is 3.09. The molecule has 2 nitrogen and oxygen atoms in total. The molecule has 1 saturated heterocycles. The lowest BCUT2D eigenvalue weighted by Crippen LogP contribution is -2.33. The van der Waals surface area contributed by atoms with Crippen molar-refractivity contribution in [2.45, 2.75) is 32.1 Å². The molecule has 1 aliphatic rings. The quantitative estimate of drug-likeness (QED) is 0.708. The third-order valence-corrected chi connectivity index (χ3v) is 3.16. The van der Waals surface area contributed by atoms with Crippen LogP contribution in [0.3, 0.4) is 0 Å². The smallest absolute Gasteiger partial charge is 0.253 e. The number of amides is 1. The van der Waals surface area contributed by atoms with Gasteiger partial charge in [-0.25, -0.2) is 0 Å². The van der Waals surface area contributed by atoms with Gasteiger partial charge in [-0.15, -0.1) is 0 Å². The van der Waals surface area contributed by atoms with E-state index in [-0.39, 0.29) is 5.91 Å². The zero-order valence-electron chi connectivity index (χ0n) is 9.69. The van der Waals surface area contributed by atoms with Crippen LogP contribution in [0, 0.1) is 0 Å². The van der Waals surface area contributed by atoms with Gasteiger partial charge in [0.1, 0.15) is 0 Å². The molecule has 0 N–H and O–H groups in total. The Labute approximate surface area is 97.3 Å². The Morgan fingerprint density at radius 1 is 0.875 bits per heavy atom. The van der Waals surface area contributed by atoms with E-state index in [2.05, 4.69) is 0 Å². The second-order valence-corrected chi connectivity index (χ2v) is 4.43. The minimum atomic E-state index is 0.197. The van der Waals surface area contributed by atoms with Gasteiger partial charge in [0.05, 0.1) is 0 Å². The first-order chi connectivity index (χ1) is 7.88. The second-order valence-electron chi connectivity index (χ2n) is 4.43. The molecule has 1 aromatic rings. The second kappa shape index (κ2) is 5.69. The summed E-state index contributed by atoms with van der Waals surface area (Å²) in [5.74, 6) is 0.197. The fourth-order valence-corrected chi connectivity index (χ4v) is 2.21. The van der Waals surface area contributed by atoms with E-state index in [0.29, 0.717) is 0 Å². The number of carbonyl (C=O) groups excluding carboxylic acids is 1. The van der Waals surface area contributed by atoms with Crippen LogP contribution in [-0.2, 0) is 0 Å². The maximum Gasteiger partial charge on any atom is 0.253 e. The molecule has 1 aromatic carbocycles. The third kappa shape index (κ3) is 2.84. The molecule has 0 saturated carbocycles. The molecule has 1 heterocycles. The van der Waals surface area contributed by atoms with Crippen LogP contribution < -0.4 is 0 Å². The Hall–Kier alpha value is -1.31. The topological polar surface area (TPSA) is 20.3 Å². The molecule has 1 amide bonds. The number of hydrogen-bond acceptors (Lipinski definition) is 1. The van der Waals surface area contributed by atoms with Gasteiger partial charge in [0.15, 0.2) is 0 Å². The molecule has 1 aliphatic heterocycles. The van der Waals surface area contributed by atoms with Crippen molar-refractivity contribution in [3.63, 3.8) is 0 Å². The molecule has 0 unspecified atom stereocenters. The fourth-order valence-electron chi connectivity index (χ4n) is 2.21. The first-order valence-corrected chi connectivity index (χ1v) is 6.22. The maximum absolute atomic E-state index is 12.2. The van der Waals surface area contributed by atoms with Crippen LogP contribution in [-0.4, -0.2) is 23.9 Å². The van der Waals surface area contributed by atoms with E-state index in [1.54, 1.807) is 0 Å². The zero-order chi connectivity index (χ0) is 11.2.